The number of amides is 1. The van der Waals surface area contributed by atoms with Gasteiger partial charge in [0.2, 0.25) is 0 Å². The number of anilines is 2. The van der Waals surface area contributed by atoms with Crippen LogP contribution in [0.15, 0.2) is 53.9 Å². The van der Waals surface area contributed by atoms with Crippen LogP contribution in [0.1, 0.15) is 16.1 Å². The van der Waals surface area contributed by atoms with Crippen molar-refractivity contribution < 1.29 is 9.18 Å². The van der Waals surface area contributed by atoms with E-state index in [0.717, 1.165) is 22.8 Å². The van der Waals surface area contributed by atoms with Gasteiger partial charge < -0.3 is 16.0 Å². The number of carbonyl (C=O) groups is 1. The number of nitrogens with one attached hydrogen (secondary N) is 3. The molecule has 2 aromatic carbocycles. The monoisotopic (exact) mass is 401 g/mol. The number of thiocarbonyl (C=S) groups is 1. The number of carbonyl (C=O) groups excluding carboxylic acids is 1. The van der Waals surface area contributed by atoms with Gasteiger partial charge in [0, 0.05) is 23.3 Å². The van der Waals surface area contributed by atoms with Crippen molar-refractivity contribution in [1.82, 2.24) is 14.9 Å². The molecule has 27 heavy (non-hydrogen) atoms. The molecule has 6 nitrogen and oxygen atoms in total. The van der Waals surface area contributed by atoms with E-state index in [0.29, 0.717) is 23.8 Å². The van der Waals surface area contributed by atoms with Crippen LogP contribution in [0, 0.1) is 5.82 Å². The lowest BCUT2D eigenvalue weighted by Crippen LogP contribution is -2.30. The second-order valence-corrected chi connectivity index (χ2v) is 6.60. The molecule has 0 bridgehead atoms. The van der Waals surface area contributed by atoms with Gasteiger partial charge in [0.1, 0.15) is 5.82 Å². The quantitative estimate of drug-likeness (QED) is 0.549. The summed E-state index contributed by atoms with van der Waals surface area (Å²) in [6.45, 7) is 0.588. The summed E-state index contributed by atoms with van der Waals surface area (Å²) in [6.07, 6.45) is 0.663. The van der Waals surface area contributed by atoms with E-state index in [9.17, 15) is 9.18 Å². The van der Waals surface area contributed by atoms with Crippen molar-refractivity contribution in [3.63, 3.8) is 0 Å². The summed E-state index contributed by atoms with van der Waals surface area (Å²) in [5.41, 5.74) is 2.61. The van der Waals surface area contributed by atoms with Gasteiger partial charge in [-0.15, -0.1) is 5.10 Å². The fraction of sp³-hybridized carbons (Fsp3) is 0.111. The van der Waals surface area contributed by atoms with Gasteiger partial charge in [-0.3, -0.25) is 4.79 Å². The van der Waals surface area contributed by atoms with Gasteiger partial charge in [-0.25, -0.2) is 4.39 Å². The highest BCUT2D eigenvalue weighted by molar-refractivity contribution is 7.80. The van der Waals surface area contributed by atoms with E-state index >= 15 is 0 Å². The molecule has 1 aromatic heterocycles. The SMILES string of the molecule is O=C(Nc1ccc(NC(=S)NCCc2cccc(F)c2)cc1)c1csnn1. The van der Waals surface area contributed by atoms with Crippen LogP contribution >= 0.6 is 23.8 Å². The molecule has 0 radical (unpaired) electrons. The lowest BCUT2D eigenvalue weighted by atomic mass is 10.1. The first-order valence-electron chi connectivity index (χ1n) is 8.08. The highest BCUT2D eigenvalue weighted by Gasteiger charge is 2.08. The van der Waals surface area contributed by atoms with Crippen molar-refractivity contribution in [3.8, 4) is 0 Å². The first kappa shape index (κ1) is 18.9. The number of benzene rings is 2. The van der Waals surface area contributed by atoms with E-state index in [-0.39, 0.29) is 17.4 Å². The van der Waals surface area contributed by atoms with Gasteiger partial charge in [-0.1, -0.05) is 16.6 Å². The predicted octanol–water partition coefficient (Wildman–Crippen LogP) is 3.46. The average Bonchev–Trinajstić information content (AvgIpc) is 3.18. The van der Waals surface area contributed by atoms with Crippen LogP contribution in [-0.2, 0) is 6.42 Å². The Hall–Kier alpha value is -2.91. The number of aromatic nitrogens is 2. The van der Waals surface area contributed by atoms with Crippen LogP contribution in [0.3, 0.4) is 0 Å². The highest BCUT2D eigenvalue weighted by Crippen LogP contribution is 2.14. The first-order chi connectivity index (χ1) is 13.1. The summed E-state index contributed by atoms with van der Waals surface area (Å²) in [7, 11) is 0. The van der Waals surface area contributed by atoms with Crippen LogP contribution < -0.4 is 16.0 Å². The Morgan fingerprint density at radius 1 is 1.11 bits per heavy atom. The summed E-state index contributed by atoms with van der Waals surface area (Å²) < 4.78 is 16.8. The minimum absolute atomic E-state index is 0.244. The fourth-order valence-electron chi connectivity index (χ4n) is 2.28. The molecular weight excluding hydrogens is 385 g/mol. The van der Waals surface area contributed by atoms with Gasteiger partial charge in [0.15, 0.2) is 10.8 Å². The smallest absolute Gasteiger partial charge is 0.277 e. The third-order valence-electron chi connectivity index (χ3n) is 3.58. The lowest BCUT2D eigenvalue weighted by molar-refractivity contribution is 0.102. The Bertz CT molecular complexity index is 916. The van der Waals surface area contributed by atoms with Crippen LogP contribution in [0.5, 0.6) is 0 Å². The molecule has 1 heterocycles. The van der Waals surface area contributed by atoms with E-state index in [1.54, 1.807) is 35.7 Å². The molecular formula is C18H16FN5OS2. The molecule has 0 spiro atoms. The summed E-state index contributed by atoms with van der Waals surface area (Å²) in [5, 5.41) is 14.7. The van der Waals surface area contributed by atoms with E-state index in [1.165, 1.54) is 12.1 Å². The molecule has 0 saturated heterocycles. The Kier molecular flexibility index (Phi) is 6.39. The van der Waals surface area contributed by atoms with Crippen LogP contribution in [-0.4, -0.2) is 27.2 Å². The molecule has 0 aliphatic heterocycles. The van der Waals surface area contributed by atoms with Crippen molar-refractivity contribution in [2.24, 2.45) is 0 Å². The summed E-state index contributed by atoms with van der Waals surface area (Å²) in [5.74, 6) is -0.551. The van der Waals surface area contributed by atoms with Crippen molar-refractivity contribution in [2.45, 2.75) is 6.42 Å². The van der Waals surface area contributed by atoms with Gasteiger partial charge in [-0.2, -0.15) is 0 Å². The predicted molar refractivity (Wildman–Crippen MR) is 109 cm³/mol. The zero-order chi connectivity index (χ0) is 19.1. The zero-order valence-electron chi connectivity index (χ0n) is 14.1. The van der Waals surface area contributed by atoms with Crippen molar-refractivity contribution in [1.29, 1.82) is 0 Å². The summed E-state index contributed by atoms with van der Waals surface area (Å²) in [4.78, 5) is 11.9. The summed E-state index contributed by atoms with van der Waals surface area (Å²) in [6, 6.07) is 13.6. The maximum absolute atomic E-state index is 13.1. The topological polar surface area (TPSA) is 78.9 Å². The number of nitrogens with zero attached hydrogens (tertiary/aromatic N) is 2. The molecule has 9 heteroatoms. The molecule has 0 aliphatic rings. The molecule has 0 saturated carbocycles. The maximum Gasteiger partial charge on any atom is 0.277 e. The summed E-state index contributed by atoms with van der Waals surface area (Å²) >= 11 is 6.38. The second-order valence-electron chi connectivity index (χ2n) is 5.58. The molecule has 0 fully saturated rings. The van der Waals surface area contributed by atoms with Crippen LogP contribution in [0.4, 0.5) is 15.8 Å². The minimum Gasteiger partial charge on any atom is -0.362 e. The molecule has 1 amide bonds. The van der Waals surface area contributed by atoms with Gasteiger partial charge >= 0.3 is 0 Å². The number of rotatable bonds is 6. The third-order valence-corrected chi connectivity index (χ3v) is 4.33. The van der Waals surface area contributed by atoms with Gasteiger partial charge in [0.25, 0.3) is 5.91 Å². The highest BCUT2D eigenvalue weighted by atomic mass is 32.1. The molecule has 3 N–H and O–H groups in total. The van der Waals surface area contributed by atoms with Gasteiger partial charge in [-0.05, 0) is 72.1 Å². The van der Waals surface area contributed by atoms with Crippen molar-refractivity contribution in [2.75, 3.05) is 17.2 Å². The van der Waals surface area contributed by atoms with Crippen LogP contribution in [0.25, 0.3) is 0 Å². The van der Waals surface area contributed by atoms with Gasteiger partial charge in [0.05, 0.1) is 0 Å². The molecule has 0 unspecified atom stereocenters. The standard InChI is InChI=1S/C18H16FN5OS2/c19-13-3-1-2-12(10-13)8-9-20-18(26)22-15-6-4-14(5-7-15)21-17(25)16-11-27-24-23-16/h1-7,10-11H,8-9H2,(H,21,25)(H2,20,22,26). The molecule has 0 atom stereocenters. The van der Waals surface area contributed by atoms with E-state index in [4.69, 9.17) is 12.2 Å². The Morgan fingerprint density at radius 3 is 2.52 bits per heavy atom. The Morgan fingerprint density at radius 2 is 1.85 bits per heavy atom. The second kappa shape index (κ2) is 9.15. The number of hydrogen-bond donors (Lipinski definition) is 3. The first-order valence-corrected chi connectivity index (χ1v) is 9.32. The fourth-order valence-corrected chi connectivity index (χ4v) is 2.94. The largest absolute Gasteiger partial charge is 0.362 e. The van der Waals surface area contributed by atoms with Crippen molar-refractivity contribution >= 4 is 46.1 Å². The van der Waals surface area contributed by atoms with E-state index in [2.05, 4.69) is 25.5 Å². The van der Waals surface area contributed by atoms with E-state index in [1.807, 2.05) is 6.07 Å². The van der Waals surface area contributed by atoms with Crippen molar-refractivity contribution in [3.05, 3.63) is 71.0 Å². The number of hydrogen-bond acceptors (Lipinski definition) is 5. The zero-order valence-corrected chi connectivity index (χ0v) is 15.7. The lowest BCUT2D eigenvalue weighted by Gasteiger charge is -2.11. The average molecular weight is 401 g/mol. The molecule has 3 rings (SSSR count). The van der Waals surface area contributed by atoms with Crippen LogP contribution in [0.2, 0.25) is 0 Å². The molecule has 3 aromatic rings. The van der Waals surface area contributed by atoms with E-state index < -0.39 is 0 Å². The third kappa shape index (κ3) is 5.80. The molecule has 138 valence electrons. The maximum atomic E-state index is 13.1. The minimum atomic E-state index is -0.306. The molecule has 0 aliphatic carbocycles. The Balaban J connectivity index is 1.44. The Labute approximate surface area is 165 Å². The normalized spacial score (nSPS) is 10.3. The number of halogens is 1.